The van der Waals surface area contributed by atoms with E-state index in [1.54, 1.807) is 0 Å². The van der Waals surface area contributed by atoms with Crippen molar-refractivity contribution in [1.82, 2.24) is 10.6 Å². The average Bonchev–Trinajstić information content (AvgIpc) is 2.40. The number of rotatable bonds is 6. The average molecular weight is 290 g/mol. The van der Waals surface area contributed by atoms with Crippen LogP contribution in [0.15, 0.2) is 24.3 Å². The second-order valence-electron chi connectivity index (χ2n) is 6.38. The third-order valence-corrected chi connectivity index (χ3v) is 3.12. The van der Waals surface area contributed by atoms with Gasteiger partial charge in [0.15, 0.2) is 0 Å². The van der Waals surface area contributed by atoms with Gasteiger partial charge in [0.1, 0.15) is 0 Å². The van der Waals surface area contributed by atoms with Crippen LogP contribution in [0.4, 0.5) is 0 Å². The number of carbonyl (C=O) groups is 2. The summed E-state index contributed by atoms with van der Waals surface area (Å²) in [5.74, 6) is 0.0317. The Kier molecular flexibility index (Phi) is 6.40. The second-order valence-corrected chi connectivity index (χ2v) is 6.38. The fraction of sp³-hybridized carbons (Fsp3) is 0.529. The van der Waals surface area contributed by atoms with Gasteiger partial charge in [0, 0.05) is 24.9 Å². The van der Waals surface area contributed by atoms with E-state index in [2.05, 4.69) is 16.7 Å². The highest BCUT2D eigenvalue weighted by atomic mass is 16.2. The van der Waals surface area contributed by atoms with Gasteiger partial charge in [0.05, 0.1) is 0 Å². The first-order chi connectivity index (χ1) is 9.79. The SMILES string of the molecule is Cc1cccc(CNC(=O)CCCNC(=O)C(C)(C)C)c1. The zero-order valence-corrected chi connectivity index (χ0v) is 13.5. The summed E-state index contributed by atoms with van der Waals surface area (Å²) < 4.78 is 0. The van der Waals surface area contributed by atoms with E-state index in [1.165, 1.54) is 5.56 Å². The highest BCUT2D eigenvalue weighted by molar-refractivity contribution is 5.81. The molecule has 4 heteroatoms. The summed E-state index contributed by atoms with van der Waals surface area (Å²) in [6.45, 7) is 8.73. The Morgan fingerprint density at radius 1 is 1.14 bits per heavy atom. The molecule has 21 heavy (non-hydrogen) atoms. The van der Waals surface area contributed by atoms with Crippen molar-refractivity contribution in [2.24, 2.45) is 5.41 Å². The molecule has 0 unspecified atom stereocenters. The van der Waals surface area contributed by atoms with Gasteiger partial charge in [-0.1, -0.05) is 50.6 Å². The Labute approximate surface area is 127 Å². The summed E-state index contributed by atoms with van der Waals surface area (Å²) in [6.07, 6.45) is 1.08. The van der Waals surface area contributed by atoms with Crippen LogP contribution in [0.1, 0.15) is 44.7 Å². The van der Waals surface area contributed by atoms with E-state index in [0.717, 1.165) is 5.56 Å². The van der Waals surface area contributed by atoms with Crippen LogP contribution >= 0.6 is 0 Å². The maximum Gasteiger partial charge on any atom is 0.225 e. The summed E-state index contributed by atoms with van der Waals surface area (Å²) >= 11 is 0. The smallest absolute Gasteiger partial charge is 0.225 e. The second kappa shape index (κ2) is 7.81. The molecule has 0 bridgehead atoms. The summed E-state index contributed by atoms with van der Waals surface area (Å²) in [6, 6.07) is 8.07. The van der Waals surface area contributed by atoms with Crippen LogP contribution in [-0.4, -0.2) is 18.4 Å². The van der Waals surface area contributed by atoms with Crippen molar-refractivity contribution in [3.05, 3.63) is 35.4 Å². The first-order valence-electron chi connectivity index (χ1n) is 7.39. The van der Waals surface area contributed by atoms with E-state index >= 15 is 0 Å². The van der Waals surface area contributed by atoms with Gasteiger partial charge in [-0.05, 0) is 18.9 Å². The van der Waals surface area contributed by atoms with Gasteiger partial charge in [-0.25, -0.2) is 0 Å². The van der Waals surface area contributed by atoms with Crippen LogP contribution in [0.5, 0.6) is 0 Å². The van der Waals surface area contributed by atoms with Crippen LogP contribution in [0, 0.1) is 12.3 Å². The molecule has 1 rings (SSSR count). The van der Waals surface area contributed by atoms with E-state index in [4.69, 9.17) is 0 Å². The van der Waals surface area contributed by atoms with Crippen molar-refractivity contribution in [2.75, 3.05) is 6.54 Å². The highest BCUT2D eigenvalue weighted by Crippen LogP contribution is 2.12. The number of aryl methyl sites for hydroxylation is 1. The number of hydrogen-bond acceptors (Lipinski definition) is 2. The first kappa shape index (κ1) is 17.2. The fourth-order valence-corrected chi connectivity index (χ4v) is 1.83. The number of carbonyl (C=O) groups excluding carboxylic acids is 2. The van der Waals surface area contributed by atoms with Crippen LogP contribution < -0.4 is 10.6 Å². The summed E-state index contributed by atoms with van der Waals surface area (Å²) in [5.41, 5.74) is 1.91. The molecule has 116 valence electrons. The van der Waals surface area contributed by atoms with Crippen LogP contribution in [0.25, 0.3) is 0 Å². The lowest BCUT2D eigenvalue weighted by atomic mass is 9.96. The van der Waals surface area contributed by atoms with Crippen molar-refractivity contribution in [3.8, 4) is 0 Å². The molecule has 4 nitrogen and oxygen atoms in total. The van der Waals surface area contributed by atoms with Crippen molar-refractivity contribution in [1.29, 1.82) is 0 Å². The Morgan fingerprint density at radius 2 is 1.86 bits per heavy atom. The molecule has 0 aliphatic carbocycles. The van der Waals surface area contributed by atoms with Crippen molar-refractivity contribution in [2.45, 2.75) is 47.1 Å². The minimum atomic E-state index is -0.382. The van der Waals surface area contributed by atoms with Crippen molar-refractivity contribution < 1.29 is 9.59 Å². The van der Waals surface area contributed by atoms with E-state index in [1.807, 2.05) is 45.9 Å². The molecule has 0 aliphatic heterocycles. The molecule has 0 aliphatic rings. The molecule has 0 heterocycles. The lowest BCUT2D eigenvalue weighted by molar-refractivity contribution is -0.128. The van der Waals surface area contributed by atoms with Gasteiger partial charge >= 0.3 is 0 Å². The lowest BCUT2D eigenvalue weighted by Gasteiger charge is -2.17. The number of hydrogen-bond donors (Lipinski definition) is 2. The monoisotopic (exact) mass is 290 g/mol. The van der Waals surface area contributed by atoms with E-state index in [9.17, 15) is 9.59 Å². The molecular formula is C17H26N2O2. The standard InChI is InChI=1S/C17H26N2O2/c1-13-7-5-8-14(11-13)12-19-15(20)9-6-10-18-16(21)17(2,3)4/h5,7-8,11H,6,9-10,12H2,1-4H3,(H,18,21)(H,19,20). The van der Waals surface area contributed by atoms with Crippen molar-refractivity contribution in [3.63, 3.8) is 0 Å². The minimum Gasteiger partial charge on any atom is -0.356 e. The molecule has 1 aromatic rings. The zero-order chi connectivity index (χ0) is 15.9. The van der Waals surface area contributed by atoms with Gasteiger partial charge in [-0.2, -0.15) is 0 Å². The van der Waals surface area contributed by atoms with Gasteiger partial charge in [-0.3, -0.25) is 9.59 Å². The number of benzene rings is 1. The predicted octanol–water partition coefficient (Wildman–Crippen LogP) is 2.55. The molecule has 2 amide bonds. The topological polar surface area (TPSA) is 58.2 Å². The maximum absolute atomic E-state index is 11.7. The molecule has 0 saturated heterocycles. The quantitative estimate of drug-likeness (QED) is 0.791. The predicted molar refractivity (Wildman–Crippen MR) is 84.7 cm³/mol. The van der Waals surface area contributed by atoms with Gasteiger partial charge < -0.3 is 10.6 Å². The van der Waals surface area contributed by atoms with Gasteiger partial charge in [0.2, 0.25) is 11.8 Å². The minimum absolute atomic E-state index is 0.0153. The maximum atomic E-state index is 11.7. The van der Waals surface area contributed by atoms with Crippen LogP contribution in [0.2, 0.25) is 0 Å². The molecule has 0 saturated carbocycles. The van der Waals surface area contributed by atoms with Crippen LogP contribution in [-0.2, 0) is 16.1 Å². The van der Waals surface area contributed by atoms with E-state index < -0.39 is 0 Å². The number of nitrogens with one attached hydrogen (secondary N) is 2. The Morgan fingerprint density at radius 3 is 2.48 bits per heavy atom. The first-order valence-corrected chi connectivity index (χ1v) is 7.39. The van der Waals surface area contributed by atoms with E-state index in [-0.39, 0.29) is 17.2 Å². The Hall–Kier alpha value is -1.84. The normalized spacial score (nSPS) is 11.0. The number of amides is 2. The summed E-state index contributed by atoms with van der Waals surface area (Å²) in [4.78, 5) is 23.4. The third kappa shape index (κ3) is 6.93. The molecular weight excluding hydrogens is 264 g/mol. The molecule has 0 aromatic heterocycles. The summed E-state index contributed by atoms with van der Waals surface area (Å²) in [5, 5.41) is 5.73. The molecule has 2 N–H and O–H groups in total. The van der Waals surface area contributed by atoms with Gasteiger partial charge in [0.25, 0.3) is 0 Å². The Balaban J connectivity index is 2.19. The largest absolute Gasteiger partial charge is 0.356 e. The fourth-order valence-electron chi connectivity index (χ4n) is 1.83. The third-order valence-electron chi connectivity index (χ3n) is 3.12. The van der Waals surface area contributed by atoms with Crippen molar-refractivity contribution >= 4 is 11.8 Å². The molecule has 0 atom stereocenters. The summed E-state index contributed by atoms with van der Waals surface area (Å²) in [7, 11) is 0. The molecule has 1 aromatic carbocycles. The van der Waals surface area contributed by atoms with Crippen LogP contribution in [0.3, 0.4) is 0 Å². The lowest BCUT2D eigenvalue weighted by Crippen LogP contribution is -2.35. The molecule has 0 spiro atoms. The molecule has 0 radical (unpaired) electrons. The Bertz CT molecular complexity index is 490. The van der Waals surface area contributed by atoms with Gasteiger partial charge in [-0.15, -0.1) is 0 Å². The zero-order valence-electron chi connectivity index (χ0n) is 13.5. The highest BCUT2D eigenvalue weighted by Gasteiger charge is 2.20. The van der Waals surface area contributed by atoms with E-state index in [0.29, 0.717) is 25.9 Å². The molecule has 0 fully saturated rings.